The smallest absolute Gasteiger partial charge is 0.398 e. The number of nitrogens with two attached hydrogens (primary N) is 1. The van der Waals surface area contributed by atoms with Gasteiger partial charge in [0.25, 0.3) is 0 Å². The molecule has 6 heteroatoms. The quantitative estimate of drug-likeness (QED) is 0.642. The molecule has 2 aromatic carbocycles. The van der Waals surface area contributed by atoms with Crippen molar-refractivity contribution in [3.8, 4) is 0 Å². The fourth-order valence-corrected chi connectivity index (χ4v) is 2.02. The first-order valence-electron chi connectivity index (χ1n) is 6.26. The standard InChI is InChI=1S/C15H14F4N2/c1-9(11-4-2-3-5-13(11)20)21-14-7-6-10(8-12(14)16)15(17,18)19/h2-9,21H,20H2,1H3. The predicted molar refractivity (Wildman–Crippen MR) is 74.3 cm³/mol. The van der Waals surface area contributed by atoms with Crippen molar-refractivity contribution in [2.45, 2.75) is 19.1 Å². The summed E-state index contributed by atoms with van der Waals surface area (Å²) in [6, 6.07) is 9.09. The first kappa shape index (κ1) is 15.2. The van der Waals surface area contributed by atoms with Gasteiger partial charge in [-0.3, -0.25) is 0 Å². The zero-order valence-corrected chi connectivity index (χ0v) is 11.2. The van der Waals surface area contributed by atoms with E-state index in [1.807, 2.05) is 0 Å². The number of para-hydroxylation sites is 1. The minimum atomic E-state index is -4.56. The molecule has 2 aromatic rings. The summed E-state index contributed by atoms with van der Waals surface area (Å²) < 4.78 is 51.2. The number of nitrogen functional groups attached to an aromatic ring is 1. The predicted octanol–water partition coefficient (Wildman–Crippen LogP) is 4.60. The van der Waals surface area contributed by atoms with Gasteiger partial charge in [-0.05, 0) is 36.8 Å². The summed E-state index contributed by atoms with van der Waals surface area (Å²) >= 11 is 0. The van der Waals surface area contributed by atoms with Crippen LogP contribution in [0.25, 0.3) is 0 Å². The summed E-state index contributed by atoms with van der Waals surface area (Å²) in [7, 11) is 0. The highest BCUT2D eigenvalue weighted by molar-refractivity contribution is 5.53. The molecule has 112 valence electrons. The van der Waals surface area contributed by atoms with Gasteiger partial charge in [-0.2, -0.15) is 13.2 Å². The molecule has 0 saturated heterocycles. The number of rotatable bonds is 3. The van der Waals surface area contributed by atoms with Gasteiger partial charge in [-0.1, -0.05) is 18.2 Å². The second kappa shape index (κ2) is 5.63. The van der Waals surface area contributed by atoms with Crippen LogP contribution >= 0.6 is 0 Å². The Morgan fingerprint density at radius 1 is 1.10 bits per heavy atom. The lowest BCUT2D eigenvalue weighted by molar-refractivity contribution is -0.137. The molecule has 0 heterocycles. The van der Waals surface area contributed by atoms with Crippen molar-refractivity contribution >= 4 is 11.4 Å². The van der Waals surface area contributed by atoms with Crippen LogP contribution in [0.3, 0.4) is 0 Å². The lowest BCUT2D eigenvalue weighted by atomic mass is 10.1. The highest BCUT2D eigenvalue weighted by Crippen LogP contribution is 2.32. The molecule has 3 N–H and O–H groups in total. The highest BCUT2D eigenvalue weighted by atomic mass is 19.4. The summed E-state index contributed by atoms with van der Waals surface area (Å²) in [4.78, 5) is 0. The van der Waals surface area contributed by atoms with Crippen LogP contribution in [0.2, 0.25) is 0 Å². The monoisotopic (exact) mass is 298 g/mol. The van der Waals surface area contributed by atoms with E-state index in [2.05, 4.69) is 5.32 Å². The molecule has 0 spiro atoms. The molecule has 0 fully saturated rings. The average molecular weight is 298 g/mol. The minimum absolute atomic E-state index is 0.00115. The molecule has 1 unspecified atom stereocenters. The maximum atomic E-state index is 13.8. The number of nitrogens with one attached hydrogen (secondary N) is 1. The molecule has 0 aromatic heterocycles. The summed E-state index contributed by atoms with van der Waals surface area (Å²) in [6.45, 7) is 1.75. The molecule has 0 bridgehead atoms. The van der Waals surface area contributed by atoms with Crippen molar-refractivity contribution in [2.75, 3.05) is 11.1 Å². The molecular weight excluding hydrogens is 284 g/mol. The van der Waals surface area contributed by atoms with E-state index in [9.17, 15) is 17.6 Å². The Hall–Kier alpha value is -2.24. The average Bonchev–Trinajstić information content (AvgIpc) is 2.40. The molecule has 0 amide bonds. The second-order valence-corrected chi connectivity index (χ2v) is 4.69. The normalized spacial score (nSPS) is 13.0. The number of halogens is 4. The van der Waals surface area contributed by atoms with Crippen molar-refractivity contribution in [3.05, 3.63) is 59.4 Å². The maximum Gasteiger partial charge on any atom is 0.416 e. The Morgan fingerprint density at radius 3 is 2.33 bits per heavy atom. The lowest BCUT2D eigenvalue weighted by Crippen LogP contribution is -2.11. The van der Waals surface area contributed by atoms with Gasteiger partial charge in [0, 0.05) is 5.69 Å². The Morgan fingerprint density at radius 2 is 1.76 bits per heavy atom. The van der Waals surface area contributed by atoms with E-state index in [4.69, 9.17) is 5.73 Å². The van der Waals surface area contributed by atoms with Crippen LogP contribution in [0, 0.1) is 5.82 Å². The van der Waals surface area contributed by atoms with Gasteiger partial charge < -0.3 is 11.1 Å². The Kier molecular flexibility index (Phi) is 4.06. The van der Waals surface area contributed by atoms with Gasteiger partial charge in [-0.25, -0.2) is 4.39 Å². The summed E-state index contributed by atoms with van der Waals surface area (Å²) in [5.41, 5.74) is 6.07. The number of alkyl halides is 3. The zero-order valence-electron chi connectivity index (χ0n) is 11.2. The van der Waals surface area contributed by atoms with Crippen molar-refractivity contribution in [1.29, 1.82) is 0 Å². The lowest BCUT2D eigenvalue weighted by Gasteiger charge is -2.18. The Balaban J connectivity index is 2.23. The largest absolute Gasteiger partial charge is 0.416 e. The van der Waals surface area contributed by atoms with Crippen molar-refractivity contribution in [3.63, 3.8) is 0 Å². The van der Waals surface area contributed by atoms with Crippen LogP contribution in [-0.2, 0) is 6.18 Å². The third-order valence-electron chi connectivity index (χ3n) is 3.13. The molecule has 1 atom stereocenters. The van der Waals surface area contributed by atoms with E-state index < -0.39 is 17.6 Å². The van der Waals surface area contributed by atoms with Gasteiger partial charge in [0.2, 0.25) is 0 Å². The number of benzene rings is 2. The SMILES string of the molecule is CC(Nc1ccc(C(F)(F)F)cc1F)c1ccccc1N. The van der Waals surface area contributed by atoms with Crippen LogP contribution < -0.4 is 11.1 Å². The second-order valence-electron chi connectivity index (χ2n) is 4.69. The van der Waals surface area contributed by atoms with E-state index in [0.717, 1.165) is 17.7 Å². The third-order valence-corrected chi connectivity index (χ3v) is 3.13. The zero-order chi connectivity index (χ0) is 15.6. The van der Waals surface area contributed by atoms with E-state index >= 15 is 0 Å². The van der Waals surface area contributed by atoms with E-state index in [0.29, 0.717) is 11.8 Å². The Labute approximate surface area is 119 Å². The fraction of sp³-hybridized carbons (Fsp3) is 0.200. The van der Waals surface area contributed by atoms with Crippen LogP contribution in [0.5, 0.6) is 0 Å². The van der Waals surface area contributed by atoms with Gasteiger partial charge in [0.05, 0.1) is 17.3 Å². The van der Waals surface area contributed by atoms with Crippen molar-refractivity contribution < 1.29 is 17.6 Å². The van der Waals surface area contributed by atoms with Gasteiger partial charge in [0.15, 0.2) is 0 Å². The van der Waals surface area contributed by atoms with E-state index in [1.165, 1.54) is 0 Å². The fourth-order valence-electron chi connectivity index (χ4n) is 2.02. The summed E-state index contributed by atoms with van der Waals surface area (Å²) in [6.07, 6.45) is -4.56. The van der Waals surface area contributed by atoms with Crippen LogP contribution in [0.1, 0.15) is 24.1 Å². The van der Waals surface area contributed by atoms with E-state index in [-0.39, 0.29) is 11.7 Å². The summed E-state index contributed by atoms with van der Waals surface area (Å²) in [5.74, 6) is -0.953. The van der Waals surface area contributed by atoms with Crippen LogP contribution in [0.15, 0.2) is 42.5 Å². The molecule has 2 nitrogen and oxygen atoms in total. The molecule has 0 saturated carbocycles. The number of hydrogen-bond donors (Lipinski definition) is 2. The van der Waals surface area contributed by atoms with Crippen LogP contribution in [-0.4, -0.2) is 0 Å². The molecule has 0 aliphatic rings. The first-order chi connectivity index (χ1) is 9.79. The van der Waals surface area contributed by atoms with Gasteiger partial charge in [0.1, 0.15) is 5.82 Å². The highest BCUT2D eigenvalue weighted by Gasteiger charge is 2.31. The molecule has 2 rings (SSSR count). The summed E-state index contributed by atoms with van der Waals surface area (Å²) in [5, 5.41) is 2.82. The number of anilines is 2. The van der Waals surface area contributed by atoms with Crippen molar-refractivity contribution in [2.24, 2.45) is 0 Å². The number of hydrogen-bond acceptors (Lipinski definition) is 2. The molecule has 0 radical (unpaired) electrons. The molecule has 0 aliphatic carbocycles. The first-order valence-corrected chi connectivity index (χ1v) is 6.26. The Bertz CT molecular complexity index is 638. The third kappa shape index (κ3) is 3.45. The molecule has 0 aliphatic heterocycles. The van der Waals surface area contributed by atoms with Gasteiger partial charge >= 0.3 is 6.18 Å². The van der Waals surface area contributed by atoms with Gasteiger partial charge in [-0.15, -0.1) is 0 Å². The molecule has 21 heavy (non-hydrogen) atoms. The van der Waals surface area contributed by atoms with Crippen molar-refractivity contribution in [1.82, 2.24) is 0 Å². The van der Waals surface area contributed by atoms with E-state index in [1.54, 1.807) is 31.2 Å². The van der Waals surface area contributed by atoms with Crippen LogP contribution in [0.4, 0.5) is 28.9 Å². The minimum Gasteiger partial charge on any atom is -0.398 e. The maximum absolute atomic E-state index is 13.8. The topological polar surface area (TPSA) is 38.0 Å². The molecular formula is C15H14F4N2.